The monoisotopic (exact) mass is 349 g/mol. The van der Waals surface area contributed by atoms with Gasteiger partial charge in [0.05, 0.1) is 5.69 Å². The highest BCUT2D eigenvalue weighted by atomic mass is 16.1. The van der Waals surface area contributed by atoms with E-state index in [1.807, 2.05) is 51.1 Å². The Labute approximate surface area is 152 Å². The Morgan fingerprint density at radius 2 is 1.81 bits per heavy atom. The molecule has 1 heterocycles. The van der Waals surface area contributed by atoms with Crippen LogP contribution in [0.5, 0.6) is 0 Å². The van der Waals surface area contributed by atoms with Crippen LogP contribution in [0.1, 0.15) is 35.0 Å². The summed E-state index contributed by atoms with van der Waals surface area (Å²) in [7, 11) is 0. The number of carbonyl (C=O) groups excluding carboxylic acids is 1. The average molecular weight is 349 g/mol. The van der Waals surface area contributed by atoms with Gasteiger partial charge in [-0.05, 0) is 37.0 Å². The maximum atomic E-state index is 12.2. The number of carbonyl (C=O) groups is 1. The number of aryl methyl sites for hydroxylation is 1. The first-order valence-corrected chi connectivity index (χ1v) is 8.64. The maximum Gasteiger partial charge on any atom is 0.273 e. The molecule has 0 spiro atoms. The van der Waals surface area contributed by atoms with Gasteiger partial charge in [0.1, 0.15) is 5.52 Å². The minimum atomic E-state index is -0.306. The molecule has 0 unspecified atom stereocenters. The van der Waals surface area contributed by atoms with Crippen molar-refractivity contribution in [1.29, 1.82) is 0 Å². The van der Waals surface area contributed by atoms with Crippen molar-refractivity contribution < 1.29 is 4.79 Å². The zero-order valence-corrected chi connectivity index (χ0v) is 15.3. The van der Waals surface area contributed by atoms with Crippen LogP contribution in [0.4, 0.5) is 11.4 Å². The molecule has 0 aliphatic carbocycles. The van der Waals surface area contributed by atoms with E-state index >= 15 is 0 Å². The molecule has 1 amide bonds. The fraction of sp³-hybridized carbons (Fsp3) is 0.250. The molecule has 0 aliphatic rings. The molecule has 3 rings (SSSR count). The number of nitrogen functional groups attached to an aromatic ring is 2. The van der Waals surface area contributed by atoms with Crippen molar-refractivity contribution in [2.24, 2.45) is 0 Å². The number of rotatable bonds is 4. The molecule has 0 fully saturated rings. The van der Waals surface area contributed by atoms with Gasteiger partial charge in [0.2, 0.25) is 0 Å². The first kappa shape index (κ1) is 17.7. The highest BCUT2D eigenvalue weighted by Gasteiger charge is 2.18. The van der Waals surface area contributed by atoms with Crippen LogP contribution < -0.4 is 16.8 Å². The smallest absolute Gasteiger partial charge is 0.273 e. The summed E-state index contributed by atoms with van der Waals surface area (Å²) in [6.07, 6.45) is 0.838. The fourth-order valence-corrected chi connectivity index (χ4v) is 3.01. The van der Waals surface area contributed by atoms with E-state index in [4.69, 9.17) is 11.5 Å². The second-order valence-corrected chi connectivity index (χ2v) is 6.39. The van der Waals surface area contributed by atoms with E-state index in [1.54, 1.807) is 0 Å². The zero-order valence-electron chi connectivity index (χ0n) is 15.3. The molecule has 5 N–H and O–H groups in total. The number of amides is 1. The lowest BCUT2D eigenvalue weighted by molar-refractivity contribution is 0.0949. The Morgan fingerprint density at radius 3 is 2.54 bits per heavy atom. The van der Waals surface area contributed by atoms with Crippen LogP contribution in [0.3, 0.4) is 0 Å². The van der Waals surface area contributed by atoms with Gasteiger partial charge >= 0.3 is 0 Å². The third-order valence-corrected chi connectivity index (χ3v) is 4.60. The number of hydrogen-bond acceptors (Lipinski definition) is 5. The Morgan fingerprint density at radius 1 is 1.04 bits per heavy atom. The number of nitrogens with two attached hydrogens (primary N) is 2. The van der Waals surface area contributed by atoms with Crippen molar-refractivity contribution in [3.8, 4) is 11.1 Å². The van der Waals surface area contributed by atoms with Crippen LogP contribution >= 0.6 is 0 Å². The molecule has 0 aliphatic heterocycles. The van der Waals surface area contributed by atoms with E-state index in [9.17, 15) is 4.79 Å². The largest absolute Gasteiger partial charge is 0.398 e. The van der Waals surface area contributed by atoms with E-state index < -0.39 is 0 Å². The quantitative estimate of drug-likeness (QED) is 0.627. The van der Waals surface area contributed by atoms with Crippen molar-refractivity contribution in [3.05, 3.63) is 47.2 Å². The number of aromatic nitrogens is 2. The standard InChI is InChI=1S/C20H23N5O/c1-4-10-23-20(26)19-17(22)15-7-5-6-14(18(15)24-25-19)13-9-8-11(2)16(21)12(13)3/h5-9H,4,10,21H2,1-3H3,(H2,22,24)(H,23,26). The van der Waals surface area contributed by atoms with Gasteiger partial charge in [0.25, 0.3) is 5.91 Å². The molecule has 6 nitrogen and oxygen atoms in total. The van der Waals surface area contributed by atoms with Gasteiger partial charge in [0.15, 0.2) is 5.69 Å². The number of hydrogen-bond donors (Lipinski definition) is 3. The lowest BCUT2D eigenvalue weighted by Crippen LogP contribution is -2.26. The lowest BCUT2D eigenvalue weighted by atomic mass is 9.95. The van der Waals surface area contributed by atoms with Crippen LogP contribution in [0.25, 0.3) is 22.0 Å². The van der Waals surface area contributed by atoms with E-state index in [0.717, 1.165) is 34.4 Å². The minimum Gasteiger partial charge on any atom is -0.398 e. The second-order valence-electron chi connectivity index (χ2n) is 6.39. The number of nitrogens with one attached hydrogen (secondary N) is 1. The van der Waals surface area contributed by atoms with Crippen LogP contribution in [-0.2, 0) is 0 Å². The zero-order chi connectivity index (χ0) is 18.8. The highest BCUT2D eigenvalue weighted by molar-refractivity contribution is 6.07. The van der Waals surface area contributed by atoms with Crippen molar-refractivity contribution in [1.82, 2.24) is 15.5 Å². The average Bonchev–Trinajstić information content (AvgIpc) is 2.64. The van der Waals surface area contributed by atoms with Gasteiger partial charge in [-0.25, -0.2) is 0 Å². The van der Waals surface area contributed by atoms with Crippen LogP contribution in [0, 0.1) is 13.8 Å². The van der Waals surface area contributed by atoms with Crippen LogP contribution in [-0.4, -0.2) is 22.6 Å². The minimum absolute atomic E-state index is 0.156. The summed E-state index contributed by atoms with van der Waals surface area (Å²) in [5.41, 5.74) is 18.2. The van der Waals surface area contributed by atoms with Crippen molar-refractivity contribution in [2.75, 3.05) is 18.0 Å². The fourth-order valence-electron chi connectivity index (χ4n) is 3.01. The topological polar surface area (TPSA) is 107 Å². The van der Waals surface area contributed by atoms with Gasteiger partial charge in [0, 0.05) is 23.2 Å². The van der Waals surface area contributed by atoms with Crippen molar-refractivity contribution in [3.63, 3.8) is 0 Å². The first-order chi connectivity index (χ1) is 12.5. The Kier molecular flexibility index (Phi) is 4.75. The molecule has 0 bridgehead atoms. The van der Waals surface area contributed by atoms with Crippen LogP contribution in [0.15, 0.2) is 30.3 Å². The predicted octanol–water partition coefficient (Wildman–Crippen LogP) is 3.22. The normalized spacial score (nSPS) is 10.9. The summed E-state index contributed by atoms with van der Waals surface area (Å²) in [5, 5.41) is 11.9. The third kappa shape index (κ3) is 2.94. The number of benzene rings is 2. The molecule has 0 atom stereocenters. The van der Waals surface area contributed by atoms with E-state index in [1.165, 1.54) is 0 Å². The van der Waals surface area contributed by atoms with Crippen LogP contribution in [0.2, 0.25) is 0 Å². The molecule has 0 saturated carbocycles. The van der Waals surface area contributed by atoms with E-state index in [-0.39, 0.29) is 11.6 Å². The molecule has 1 aromatic heterocycles. The van der Waals surface area contributed by atoms with Gasteiger partial charge < -0.3 is 16.8 Å². The first-order valence-electron chi connectivity index (χ1n) is 8.64. The van der Waals surface area contributed by atoms with Gasteiger partial charge in [-0.3, -0.25) is 4.79 Å². The van der Waals surface area contributed by atoms with Gasteiger partial charge in [-0.15, -0.1) is 10.2 Å². The molecular formula is C20H23N5O. The molecule has 134 valence electrons. The summed E-state index contributed by atoms with van der Waals surface area (Å²) in [6, 6.07) is 9.73. The van der Waals surface area contributed by atoms with Crippen molar-refractivity contribution in [2.45, 2.75) is 27.2 Å². The molecule has 6 heteroatoms. The number of nitrogens with zero attached hydrogens (tertiary/aromatic N) is 2. The predicted molar refractivity (Wildman–Crippen MR) is 106 cm³/mol. The van der Waals surface area contributed by atoms with Crippen molar-refractivity contribution >= 4 is 28.2 Å². The molecule has 3 aromatic rings. The van der Waals surface area contributed by atoms with E-state index in [0.29, 0.717) is 23.1 Å². The number of fused-ring (bicyclic) bond motifs is 1. The Bertz CT molecular complexity index is 997. The lowest BCUT2D eigenvalue weighted by Gasteiger charge is -2.14. The Hall–Kier alpha value is -3.15. The molecule has 0 radical (unpaired) electrons. The summed E-state index contributed by atoms with van der Waals surface area (Å²) in [6.45, 7) is 6.52. The molecular weight excluding hydrogens is 326 g/mol. The molecule has 2 aromatic carbocycles. The highest BCUT2D eigenvalue weighted by Crippen LogP contribution is 2.35. The summed E-state index contributed by atoms with van der Waals surface area (Å²) < 4.78 is 0. The van der Waals surface area contributed by atoms with Gasteiger partial charge in [-0.1, -0.05) is 37.3 Å². The number of anilines is 2. The molecule has 26 heavy (non-hydrogen) atoms. The third-order valence-electron chi connectivity index (χ3n) is 4.60. The SMILES string of the molecule is CCCNC(=O)c1nnc2c(-c3ccc(C)c(N)c3C)cccc2c1N. The van der Waals surface area contributed by atoms with Gasteiger partial charge in [-0.2, -0.15) is 0 Å². The Balaban J connectivity index is 2.17. The molecule has 0 saturated heterocycles. The summed E-state index contributed by atoms with van der Waals surface area (Å²) in [5.74, 6) is -0.306. The summed E-state index contributed by atoms with van der Waals surface area (Å²) in [4.78, 5) is 12.2. The van der Waals surface area contributed by atoms with E-state index in [2.05, 4.69) is 15.5 Å². The maximum absolute atomic E-state index is 12.2. The summed E-state index contributed by atoms with van der Waals surface area (Å²) >= 11 is 0. The second kappa shape index (κ2) is 7.00.